The van der Waals surface area contributed by atoms with Gasteiger partial charge in [0.1, 0.15) is 6.10 Å². The van der Waals surface area contributed by atoms with Crippen molar-refractivity contribution >= 4 is 5.91 Å². The van der Waals surface area contributed by atoms with Crippen molar-refractivity contribution in [2.45, 2.75) is 45.4 Å². The minimum atomic E-state index is -0.415. The molecule has 0 radical (unpaired) electrons. The van der Waals surface area contributed by atoms with E-state index >= 15 is 0 Å². The average Bonchev–Trinajstić information content (AvgIpc) is 2.98. The molecule has 1 amide bonds. The number of carbonyl (C=O) groups is 1. The van der Waals surface area contributed by atoms with Gasteiger partial charge in [-0.1, -0.05) is 37.3 Å². The summed E-state index contributed by atoms with van der Waals surface area (Å²) >= 11 is 0. The zero-order chi connectivity index (χ0) is 15.1. The van der Waals surface area contributed by atoms with E-state index in [1.165, 1.54) is 12.8 Å². The maximum atomic E-state index is 12.1. The Bertz CT molecular complexity index is 436. The number of hydrogen-bond acceptors (Lipinski definition) is 3. The van der Waals surface area contributed by atoms with E-state index in [1.54, 1.807) is 0 Å². The number of benzene rings is 1. The molecular formula is C17H26N2O2. The average molecular weight is 290 g/mol. The highest BCUT2D eigenvalue weighted by Gasteiger charge is 2.24. The monoisotopic (exact) mass is 290 g/mol. The van der Waals surface area contributed by atoms with Gasteiger partial charge in [-0.2, -0.15) is 0 Å². The predicted molar refractivity (Wildman–Crippen MR) is 84.0 cm³/mol. The van der Waals surface area contributed by atoms with Crippen LogP contribution in [-0.4, -0.2) is 42.6 Å². The third-order valence-corrected chi connectivity index (χ3v) is 4.13. The van der Waals surface area contributed by atoms with Crippen LogP contribution in [0.5, 0.6) is 0 Å². The minimum absolute atomic E-state index is 0.0196. The lowest BCUT2D eigenvalue weighted by Gasteiger charge is -2.23. The molecule has 1 aromatic rings. The number of rotatable bonds is 7. The summed E-state index contributed by atoms with van der Waals surface area (Å²) in [6.07, 6.45) is 1.99. The molecule has 0 saturated carbocycles. The minimum Gasteiger partial charge on any atom is -0.364 e. The third kappa shape index (κ3) is 4.83. The van der Waals surface area contributed by atoms with Gasteiger partial charge in [0.2, 0.25) is 5.91 Å². The fourth-order valence-electron chi connectivity index (χ4n) is 2.78. The van der Waals surface area contributed by atoms with Crippen molar-refractivity contribution in [2.75, 3.05) is 19.6 Å². The Balaban J connectivity index is 1.70. The second kappa shape index (κ2) is 8.15. The Morgan fingerprint density at radius 3 is 2.90 bits per heavy atom. The van der Waals surface area contributed by atoms with Crippen LogP contribution in [0.1, 0.15) is 32.3 Å². The number of amides is 1. The Labute approximate surface area is 127 Å². The lowest BCUT2D eigenvalue weighted by Crippen LogP contribution is -2.43. The number of likely N-dealkylation sites (tertiary alicyclic amines) is 1. The standard InChI is InChI=1S/C17H26N2O2/c1-3-19-11-7-10-16(19)12-18-17(20)14(2)21-13-15-8-5-4-6-9-15/h4-6,8-9,14,16H,3,7,10-13H2,1-2H3,(H,18,20)/t14-,16-/m1/s1. The number of hydrogen-bond donors (Lipinski definition) is 1. The van der Waals surface area contributed by atoms with E-state index in [9.17, 15) is 4.79 Å². The van der Waals surface area contributed by atoms with Gasteiger partial charge in [0.05, 0.1) is 6.61 Å². The summed E-state index contributed by atoms with van der Waals surface area (Å²) in [4.78, 5) is 14.5. The summed E-state index contributed by atoms with van der Waals surface area (Å²) in [5.74, 6) is -0.0196. The zero-order valence-corrected chi connectivity index (χ0v) is 13.0. The molecule has 1 aliphatic rings. The first-order valence-corrected chi connectivity index (χ1v) is 7.88. The van der Waals surface area contributed by atoms with E-state index < -0.39 is 6.10 Å². The van der Waals surface area contributed by atoms with Gasteiger partial charge in [-0.15, -0.1) is 0 Å². The first-order valence-electron chi connectivity index (χ1n) is 7.88. The van der Waals surface area contributed by atoms with Crippen LogP contribution < -0.4 is 5.32 Å². The topological polar surface area (TPSA) is 41.6 Å². The number of likely N-dealkylation sites (N-methyl/N-ethyl adjacent to an activating group) is 1. The molecule has 1 aromatic carbocycles. The molecule has 1 N–H and O–H groups in total. The molecule has 0 unspecified atom stereocenters. The summed E-state index contributed by atoms with van der Waals surface area (Å²) in [6, 6.07) is 10.4. The molecule has 1 aliphatic heterocycles. The maximum absolute atomic E-state index is 12.1. The summed E-state index contributed by atoms with van der Waals surface area (Å²) < 4.78 is 5.63. The molecule has 0 aromatic heterocycles. The SMILES string of the molecule is CCN1CCC[C@@H]1CNC(=O)[C@@H](C)OCc1ccccc1. The number of nitrogens with one attached hydrogen (secondary N) is 1. The molecule has 2 atom stereocenters. The maximum Gasteiger partial charge on any atom is 0.248 e. The predicted octanol–water partition coefficient (Wildman–Crippen LogP) is 2.19. The van der Waals surface area contributed by atoms with Crippen LogP contribution in [0.2, 0.25) is 0 Å². The Kier molecular flexibility index (Phi) is 6.21. The van der Waals surface area contributed by atoms with Crippen molar-refractivity contribution in [1.29, 1.82) is 0 Å². The lowest BCUT2D eigenvalue weighted by molar-refractivity contribution is -0.132. The molecule has 0 bridgehead atoms. The van der Waals surface area contributed by atoms with Crippen LogP contribution in [0.3, 0.4) is 0 Å². The van der Waals surface area contributed by atoms with Gasteiger partial charge in [-0.3, -0.25) is 9.69 Å². The van der Waals surface area contributed by atoms with Crippen molar-refractivity contribution < 1.29 is 9.53 Å². The molecule has 1 heterocycles. The second-order valence-corrected chi connectivity index (χ2v) is 5.61. The number of carbonyl (C=O) groups excluding carboxylic acids is 1. The van der Waals surface area contributed by atoms with Crippen LogP contribution in [0.4, 0.5) is 0 Å². The molecule has 1 saturated heterocycles. The van der Waals surface area contributed by atoms with Crippen LogP contribution in [0, 0.1) is 0 Å². The van der Waals surface area contributed by atoms with Crippen molar-refractivity contribution in [3.05, 3.63) is 35.9 Å². The largest absolute Gasteiger partial charge is 0.364 e. The first kappa shape index (κ1) is 16.0. The normalized spacial score (nSPS) is 20.4. The van der Waals surface area contributed by atoms with Crippen molar-refractivity contribution in [3.63, 3.8) is 0 Å². The number of nitrogens with zero attached hydrogens (tertiary/aromatic N) is 1. The molecule has 4 heteroatoms. The zero-order valence-electron chi connectivity index (χ0n) is 13.0. The van der Waals surface area contributed by atoms with Crippen molar-refractivity contribution in [3.8, 4) is 0 Å². The van der Waals surface area contributed by atoms with Crippen molar-refractivity contribution in [1.82, 2.24) is 10.2 Å². The van der Waals surface area contributed by atoms with Gasteiger partial charge in [0, 0.05) is 12.6 Å². The molecular weight excluding hydrogens is 264 g/mol. The summed E-state index contributed by atoms with van der Waals surface area (Å²) in [7, 11) is 0. The van der Waals surface area contributed by atoms with E-state index in [0.717, 1.165) is 25.2 Å². The molecule has 21 heavy (non-hydrogen) atoms. The molecule has 2 rings (SSSR count). The van der Waals surface area contributed by atoms with Crippen LogP contribution in [-0.2, 0) is 16.1 Å². The second-order valence-electron chi connectivity index (χ2n) is 5.61. The smallest absolute Gasteiger partial charge is 0.248 e. The van der Waals surface area contributed by atoms with Crippen LogP contribution in [0.25, 0.3) is 0 Å². The molecule has 0 spiro atoms. The van der Waals surface area contributed by atoms with Crippen molar-refractivity contribution in [2.24, 2.45) is 0 Å². The summed E-state index contributed by atoms with van der Waals surface area (Å²) in [5.41, 5.74) is 1.09. The van der Waals surface area contributed by atoms with Gasteiger partial charge in [-0.25, -0.2) is 0 Å². The molecule has 4 nitrogen and oxygen atoms in total. The third-order valence-electron chi connectivity index (χ3n) is 4.13. The van der Waals surface area contributed by atoms with E-state index in [0.29, 0.717) is 12.6 Å². The van der Waals surface area contributed by atoms with Gasteiger partial charge >= 0.3 is 0 Å². The van der Waals surface area contributed by atoms with E-state index in [2.05, 4.69) is 17.1 Å². The van der Waals surface area contributed by atoms with Gasteiger partial charge in [0.15, 0.2) is 0 Å². The molecule has 0 aliphatic carbocycles. The fourth-order valence-corrected chi connectivity index (χ4v) is 2.78. The Morgan fingerprint density at radius 2 is 2.19 bits per heavy atom. The highest BCUT2D eigenvalue weighted by molar-refractivity contribution is 5.80. The summed E-state index contributed by atoms with van der Waals surface area (Å²) in [5, 5.41) is 3.02. The van der Waals surface area contributed by atoms with E-state index in [1.807, 2.05) is 37.3 Å². The van der Waals surface area contributed by atoms with E-state index in [-0.39, 0.29) is 5.91 Å². The lowest BCUT2D eigenvalue weighted by atomic mass is 10.2. The van der Waals surface area contributed by atoms with Gasteiger partial charge in [0.25, 0.3) is 0 Å². The number of ether oxygens (including phenoxy) is 1. The Morgan fingerprint density at radius 1 is 1.43 bits per heavy atom. The molecule has 1 fully saturated rings. The van der Waals surface area contributed by atoms with Crippen LogP contribution in [0.15, 0.2) is 30.3 Å². The van der Waals surface area contributed by atoms with Crippen LogP contribution >= 0.6 is 0 Å². The quantitative estimate of drug-likeness (QED) is 0.837. The highest BCUT2D eigenvalue weighted by Crippen LogP contribution is 2.15. The first-order chi connectivity index (χ1) is 10.2. The fraction of sp³-hybridized carbons (Fsp3) is 0.588. The highest BCUT2D eigenvalue weighted by atomic mass is 16.5. The van der Waals surface area contributed by atoms with E-state index in [4.69, 9.17) is 4.74 Å². The summed E-state index contributed by atoms with van der Waals surface area (Å²) in [6.45, 7) is 7.39. The van der Waals surface area contributed by atoms with Gasteiger partial charge in [-0.05, 0) is 38.4 Å². The Hall–Kier alpha value is -1.39. The van der Waals surface area contributed by atoms with Gasteiger partial charge < -0.3 is 10.1 Å². The molecule has 116 valence electrons.